The van der Waals surface area contributed by atoms with E-state index >= 15 is 0 Å². The average Bonchev–Trinajstić information content (AvgIpc) is 2.79. The number of allylic oxidation sites excluding steroid dienone is 2. The number of anilines is 1. The Kier molecular flexibility index (Phi) is 10.2. The number of nitrogens with zero attached hydrogens (tertiary/aromatic N) is 1. The van der Waals surface area contributed by atoms with Gasteiger partial charge in [-0.3, -0.25) is 0 Å². The molecule has 194 valence electrons. The molecule has 0 fully saturated rings. The minimum atomic E-state index is -4.56. The summed E-state index contributed by atoms with van der Waals surface area (Å²) in [5.41, 5.74) is 1.22. The molecule has 0 aliphatic heterocycles. The molecule has 0 aliphatic rings. The number of sulfonamides is 1. The molecule has 0 bridgehead atoms. The van der Waals surface area contributed by atoms with E-state index in [-0.39, 0.29) is 16.4 Å². The van der Waals surface area contributed by atoms with Crippen LogP contribution in [0.2, 0.25) is 0 Å². The van der Waals surface area contributed by atoms with Crippen molar-refractivity contribution in [1.82, 2.24) is 0 Å². The number of alkyl halides is 3. The third-order valence-electron chi connectivity index (χ3n) is 5.73. The van der Waals surface area contributed by atoms with E-state index in [0.29, 0.717) is 30.8 Å². The molecule has 9 heteroatoms. The van der Waals surface area contributed by atoms with Gasteiger partial charge in [-0.05, 0) is 67.7 Å². The molecule has 0 saturated carbocycles. The van der Waals surface area contributed by atoms with E-state index in [1.165, 1.54) is 18.2 Å². The topological polar surface area (TPSA) is 72.6 Å². The van der Waals surface area contributed by atoms with Crippen molar-refractivity contribution in [3.8, 4) is 11.5 Å². The highest BCUT2D eigenvalue weighted by molar-refractivity contribution is 7.89. The van der Waals surface area contributed by atoms with Crippen LogP contribution in [0.3, 0.4) is 0 Å². The van der Waals surface area contributed by atoms with Crippen LogP contribution in [-0.2, 0) is 16.2 Å². The quantitative estimate of drug-likeness (QED) is 0.322. The van der Waals surface area contributed by atoms with Gasteiger partial charge in [0, 0.05) is 13.1 Å². The van der Waals surface area contributed by atoms with Crippen molar-refractivity contribution in [1.29, 1.82) is 0 Å². The number of halogens is 3. The number of unbranched alkanes of at least 4 members (excludes halogenated alkanes) is 2. The zero-order chi connectivity index (χ0) is 26.2. The first-order valence-corrected chi connectivity index (χ1v) is 13.5. The maximum absolute atomic E-state index is 13.3. The van der Waals surface area contributed by atoms with Crippen LogP contribution in [0.25, 0.3) is 5.57 Å². The molecule has 0 radical (unpaired) electrons. The first-order chi connectivity index (χ1) is 16.5. The Hall–Kier alpha value is -2.52. The molecule has 2 N–H and O–H groups in total. The second-order valence-corrected chi connectivity index (χ2v) is 9.89. The van der Waals surface area contributed by atoms with Crippen molar-refractivity contribution < 1.29 is 26.3 Å². The number of hydrogen-bond donors (Lipinski definition) is 1. The minimum Gasteiger partial charge on any atom is -0.454 e. The fraction of sp³-hybridized carbons (Fsp3) is 0.462. The lowest BCUT2D eigenvalue weighted by atomic mass is 10.0. The summed E-state index contributed by atoms with van der Waals surface area (Å²) in [5, 5.41) is 5.61. The van der Waals surface area contributed by atoms with E-state index in [1.54, 1.807) is 0 Å². The number of primary sulfonamides is 1. The summed E-state index contributed by atoms with van der Waals surface area (Å²) in [4.78, 5) is 1.78. The summed E-state index contributed by atoms with van der Waals surface area (Å²) in [6.07, 6.45) is 1.55. The normalized spacial score (nSPS) is 12.6. The zero-order valence-electron chi connectivity index (χ0n) is 20.8. The van der Waals surface area contributed by atoms with E-state index in [9.17, 15) is 21.6 Å². The van der Waals surface area contributed by atoms with Crippen LogP contribution in [0.5, 0.6) is 11.5 Å². The molecule has 0 amide bonds. The standard InChI is InChI=1S/C26H35F3N2O3S/c1-5-9-14-31(15-10-6-2)23-16-20(19(7-3)8-4)17-24(35(30,32)33)25(23)34-22-13-11-12-21(18-22)26(27,28)29/h7,11-13,16-18H,5-6,8-10,14-15H2,1-4H3,(H2,30,32,33). The Morgan fingerprint density at radius 2 is 1.69 bits per heavy atom. The van der Waals surface area contributed by atoms with Crippen LogP contribution in [0.15, 0.2) is 47.4 Å². The van der Waals surface area contributed by atoms with Crippen molar-refractivity contribution in [2.24, 2.45) is 5.14 Å². The smallest absolute Gasteiger partial charge is 0.416 e. The minimum absolute atomic E-state index is 0.0608. The van der Waals surface area contributed by atoms with Crippen LogP contribution in [0.1, 0.15) is 70.9 Å². The summed E-state index contributed by atoms with van der Waals surface area (Å²) in [7, 11) is -4.26. The van der Waals surface area contributed by atoms with Gasteiger partial charge in [0.15, 0.2) is 5.75 Å². The SMILES string of the molecule is CC=C(CC)c1cc(N(CCCC)CCCC)c(Oc2cccc(C(F)(F)F)c2)c(S(N)(=O)=O)c1. The number of rotatable bonds is 12. The Morgan fingerprint density at radius 3 is 2.17 bits per heavy atom. The van der Waals surface area contributed by atoms with E-state index < -0.39 is 21.8 Å². The lowest BCUT2D eigenvalue weighted by molar-refractivity contribution is -0.137. The molecule has 35 heavy (non-hydrogen) atoms. The largest absolute Gasteiger partial charge is 0.454 e. The third-order valence-corrected chi connectivity index (χ3v) is 6.64. The lowest BCUT2D eigenvalue weighted by Gasteiger charge is -2.29. The summed E-state index contributed by atoms with van der Waals surface area (Å²) >= 11 is 0. The van der Waals surface area contributed by atoms with Gasteiger partial charge in [0.05, 0.1) is 11.3 Å². The number of benzene rings is 2. The highest BCUT2D eigenvalue weighted by Crippen LogP contribution is 2.42. The first-order valence-electron chi connectivity index (χ1n) is 11.9. The van der Waals surface area contributed by atoms with E-state index in [4.69, 9.17) is 9.88 Å². The second kappa shape index (κ2) is 12.4. The van der Waals surface area contributed by atoms with Gasteiger partial charge in [0.2, 0.25) is 10.0 Å². The highest BCUT2D eigenvalue weighted by Gasteiger charge is 2.31. The Bertz CT molecular complexity index is 1120. The number of nitrogens with two attached hydrogens (primary N) is 1. The second-order valence-electron chi connectivity index (χ2n) is 8.36. The van der Waals surface area contributed by atoms with Crippen molar-refractivity contribution in [2.75, 3.05) is 18.0 Å². The predicted octanol–water partition coefficient (Wildman–Crippen LogP) is 7.37. The summed E-state index contributed by atoms with van der Waals surface area (Å²) in [5.74, 6) is -0.180. The maximum Gasteiger partial charge on any atom is 0.416 e. The average molecular weight is 513 g/mol. The molecule has 0 aliphatic carbocycles. The van der Waals surface area contributed by atoms with Crippen molar-refractivity contribution in [3.05, 3.63) is 53.6 Å². The van der Waals surface area contributed by atoms with Crippen LogP contribution < -0.4 is 14.8 Å². The fourth-order valence-electron chi connectivity index (χ4n) is 3.80. The first kappa shape index (κ1) is 28.7. The molecule has 0 heterocycles. The van der Waals surface area contributed by atoms with Crippen LogP contribution >= 0.6 is 0 Å². The van der Waals surface area contributed by atoms with Crippen molar-refractivity contribution in [2.45, 2.75) is 70.9 Å². The lowest BCUT2D eigenvalue weighted by Crippen LogP contribution is -2.27. The Morgan fingerprint density at radius 1 is 1.06 bits per heavy atom. The molecule has 0 spiro atoms. The van der Waals surface area contributed by atoms with Gasteiger partial charge in [-0.1, -0.05) is 45.8 Å². The van der Waals surface area contributed by atoms with E-state index in [1.807, 2.05) is 30.9 Å². The van der Waals surface area contributed by atoms with Crippen molar-refractivity contribution >= 4 is 21.3 Å². The van der Waals surface area contributed by atoms with Crippen LogP contribution in [-0.4, -0.2) is 21.5 Å². The van der Waals surface area contributed by atoms with Crippen LogP contribution in [0.4, 0.5) is 18.9 Å². The molecule has 0 unspecified atom stereocenters. The summed E-state index contributed by atoms with van der Waals surface area (Å²) in [6.45, 7) is 9.22. The van der Waals surface area contributed by atoms with Gasteiger partial charge in [0.1, 0.15) is 10.6 Å². The predicted molar refractivity (Wildman–Crippen MR) is 135 cm³/mol. The molecular formula is C26H35F3N2O3S. The maximum atomic E-state index is 13.3. The van der Waals surface area contributed by atoms with Gasteiger partial charge in [-0.25, -0.2) is 13.6 Å². The highest BCUT2D eigenvalue weighted by atomic mass is 32.2. The summed E-state index contributed by atoms with van der Waals surface area (Å²) in [6, 6.07) is 7.68. The molecule has 5 nitrogen and oxygen atoms in total. The third kappa shape index (κ3) is 7.73. The molecule has 0 saturated heterocycles. The van der Waals surface area contributed by atoms with Gasteiger partial charge < -0.3 is 9.64 Å². The molecular weight excluding hydrogens is 477 g/mol. The van der Waals surface area contributed by atoms with Crippen molar-refractivity contribution in [3.63, 3.8) is 0 Å². The van der Waals surface area contributed by atoms with Gasteiger partial charge in [-0.2, -0.15) is 13.2 Å². The fourth-order valence-corrected chi connectivity index (χ4v) is 4.50. The van der Waals surface area contributed by atoms with Gasteiger partial charge in [0.25, 0.3) is 0 Å². The molecule has 2 rings (SSSR count). The monoisotopic (exact) mass is 512 g/mol. The molecule has 0 aromatic heterocycles. The Labute approximate surface area is 206 Å². The number of hydrogen-bond acceptors (Lipinski definition) is 4. The van der Waals surface area contributed by atoms with E-state index in [2.05, 4.69) is 13.8 Å². The molecule has 2 aromatic carbocycles. The van der Waals surface area contributed by atoms with Crippen LogP contribution in [0, 0.1) is 0 Å². The zero-order valence-corrected chi connectivity index (χ0v) is 21.6. The van der Waals surface area contributed by atoms with E-state index in [0.717, 1.165) is 43.4 Å². The van der Waals surface area contributed by atoms with Gasteiger partial charge >= 0.3 is 6.18 Å². The number of ether oxygens (including phenoxy) is 1. The molecule has 0 atom stereocenters. The Balaban J connectivity index is 2.82. The van der Waals surface area contributed by atoms with Gasteiger partial charge in [-0.15, -0.1) is 0 Å². The summed E-state index contributed by atoms with van der Waals surface area (Å²) < 4.78 is 71.2. The molecule has 2 aromatic rings.